The van der Waals surface area contributed by atoms with Crippen LogP contribution in [0.3, 0.4) is 0 Å². The van der Waals surface area contributed by atoms with Crippen LogP contribution in [0.2, 0.25) is 0 Å². The molecule has 0 aliphatic heterocycles. The predicted octanol–water partition coefficient (Wildman–Crippen LogP) is 2.25. The van der Waals surface area contributed by atoms with Crippen LogP contribution in [-0.4, -0.2) is 6.29 Å². The first-order chi connectivity index (χ1) is 4.83. The highest BCUT2D eigenvalue weighted by Crippen LogP contribution is 2.14. The van der Waals surface area contributed by atoms with Gasteiger partial charge in [-0.3, -0.25) is 4.79 Å². The molecule has 0 N–H and O–H groups in total. The molecule has 0 bridgehead atoms. The van der Waals surface area contributed by atoms with E-state index in [2.05, 4.69) is 15.9 Å². The zero-order valence-electron chi connectivity index (χ0n) is 5.08. The molecule has 0 aliphatic carbocycles. The summed E-state index contributed by atoms with van der Waals surface area (Å²) in [5, 5.41) is 0. The average molecular weight is 201 g/mol. The molecule has 2 nitrogen and oxygen atoms in total. The van der Waals surface area contributed by atoms with Gasteiger partial charge in [-0.1, -0.05) is 0 Å². The summed E-state index contributed by atoms with van der Waals surface area (Å²) in [6.07, 6.45) is 5.24. The second-order valence-corrected chi connectivity index (χ2v) is 2.58. The van der Waals surface area contributed by atoms with Crippen LogP contribution in [0.4, 0.5) is 0 Å². The lowest BCUT2D eigenvalue weighted by atomic mass is 10.4. The summed E-state index contributed by atoms with van der Waals surface area (Å²) in [4.78, 5) is 9.84. The van der Waals surface area contributed by atoms with Crippen molar-refractivity contribution in [1.82, 2.24) is 0 Å². The van der Waals surface area contributed by atoms with Crippen LogP contribution < -0.4 is 0 Å². The number of halogens is 1. The van der Waals surface area contributed by atoms with Crippen molar-refractivity contribution >= 4 is 28.3 Å². The quantitative estimate of drug-likeness (QED) is 0.542. The molecule has 0 aliphatic rings. The van der Waals surface area contributed by atoms with Crippen molar-refractivity contribution in [3.05, 3.63) is 28.6 Å². The molecule has 0 fully saturated rings. The highest BCUT2D eigenvalue weighted by molar-refractivity contribution is 9.10. The molecule has 10 heavy (non-hydrogen) atoms. The van der Waals surface area contributed by atoms with Gasteiger partial charge >= 0.3 is 0 Å². The van der Waals surface area contributed by atoms with Crippen molar-refractivity contribution in [1.29, 1.82) is 0 Å². The summed E-state index contributed by atoms with van der Waals surface area (Å²) < 4.78 is 5.85. The van der Waals surface area contributed by atoms with Gasteiger partial charge in [-0.2, -0.15) is 0 Å². The van der Waals surface area contributed by atoms with E-state index < -0.39 is 0 Å². The van der Waals surface area contributed by atoms with Crippen LogP contribution in [0.5, 0.6) is 0 Å². The molecular weight excluding hydrogens is 196 g/mol. The van der Waals surface area contributed by atoms with E-state index in [0.29, 0.717) is 12.0 Å². The first-order valence-corrected chi connectivity index (χ1v) is 3.48. The first kappa shape index (κ1) is 7.28. The van der Waals surface area contributed by atoms with Gasteiger partial charge in [0.1, 0.15) is 18.3 Å². The predicted molar refractivity (Wildman–Crippen MR) is 41.5 cm³/mol. The second-order valence-electron chi connectivity index (χ2n) is 1.66. The molecule has 52 valence electrons. The largest absolute Gasteiger partial charge is 0.464 e. The molecular formula is C7H5BrO2. The lowest BCUT2D eigenvalue weighted by molar-refractivity contribution is -0.104. The summed E-state index contributed by atoms with van der Waals surface area (Å²) in [5.74, 6) is 0.666. The van der Waals surface area contributed by atoms with E-state index in [4.69, 9.17) is 4.42 Å². The molecule has 1 rings (SSSR count). The minimum Gasteiger partial charge on any atom is -0.464 e. The summed E-state index contributed by atoms with van der Waals surface area (Å²) in [6.45, 7) is 0. The van der Waals surface area contributed by atoms with Crippen LogP contribution in [-0.2, 0) is 4.79 Å². The molecule has 3 heteroatoms. The van der Waals surface area contributed by atoms with Crippen LogP contribution in [0.25, 0.3) is 6.08 Å². The molecule has 0 aromatic carbocycles. The SMILES string of the molecule is O=C/C=C/c1cc(Br)co1. The Hall–Kier alpha value is -0.830. The average Bonchev–Trinajstić information content (AvgIpc) is 2.31. The normalized spacial score (nSPS) is 10.5. The fraction of sp³-hybridized carbons (Fsp3) is 0. The number of rotatable bonds is 2. The van der Waals surface area contributed by atoms with Crippen LogP contribution >= 0.6 is 15.9 Å². The van der Waals surface area contributed by atoms with E-state index in [9.17, 15) is 4.79 Å². The fourth-order valence-corrected chi connectivity index (χ4v) is 0.869. The van der Waals surface area contributed by atoms with E-state index in [1.807, 2.05) is 0 Å². The molecule has 0 atom stereocenters. The zero-order valence-corrected chi connectivity index (χ0v) is 6.67. The van der Waals surface area contributed by atoms with Gasteiger partial charge in [0.15, 0.2) is 0 Å². The number of hydrogen-bond donors (Lipinski definition) is 0. The number of aldehydes is 1. The Morgan fingerprint density at radius 2 is 2.40 bits per heavy atom. The maximum Gasteiger partial charge on any atom is 0.142 e. The van der Waals surface area contributed by atoms with Gasteiger partial charge in [-0.05, 0) is 34.1 Å². The van der Waals surface area contributed by atoms with Gasteiger partial charge < -0.3 is 4.42 Å². The van der Waals surface area contributed by atoms with Crippen LogP contribution in [0, 0.1) is 0 Å². The number of carbonyl (C=O) groups is 1. The number of hydrogen-bond acceptors (Lipinski definition) is 2. The topological polar surface area (TPSA) is 30.2 Å². The third-order valence-electron chi connectivity index (χ3n) is 0.927. The standard InChI is InChI=1S/C7H5BrO2/c8-6-4-7(10-5-6)2-1-3-9/h1-5H/b2-1+. The Balaban J connectivity index is 2.75. The highest BCUT2D eigenvalue weighted by atomic mass is 79.9. The summed E-state index contributed by atoms with van der Waals surface area (Å²) in [6, 6.07) is 1.78. The Morgan fingerprint density at radius 1 is 1.60 bits per heavy atom. The van der Waals surface area contributed by atoms with Gasteiger partial charge in [-0.15, -0.1) is 0 Å². The number of allylic oxidation sites excluding steroid dienone is 1. The van der Waals surface area contributed by atoms with Crippen molar-refractivity contribution < 1.29 is 9.21 Å². The molecule has 0 saturated carbocycles. The Morgan fingerprint density at radius 3 is 2.90 bits per heavy atom. The van der Waals surface area contributed by atoms with Gasteiger partial charge in [0.05, 0.1) is 4.47 Å². The number of furan rings is 1. The Kier molecular flexibility index (Phi) is 2.45. The van der Waals surface area contributed by atoms with E-state index in [0.717, 1.165) is 4.47 Å². The molecule has 0 unspecified atom stereocenters. The van der Waals surface area contributed by atoms with Gasteiger partial charge in [0, 0.05) is 0 Å². The third kappa shape index (κ3) is 1.84. The molecule has 1 heterocycles. The second kappa shape index (κ2) is 3.37. The van der Waals surface area contributed by atoms with Crippen molar-refractivity contribution in [3.63, 3.8) is 0 Å². The molecule has 1 aromatic heterocycles. The Bertz CT molecular complexity index is 250. The zero-order chi connectivity index (χ0) is 7.40. The maximum absolute atomic E-state index is 9.84. The summed E-state index contributed by atoms with van der Waals surface area (Å²) in [5.41, 5.74) is 0. The van der Waals surface area contributed by atoms with Crippen molar-refractivity contribution in [2.45, 2.75) is 0 Å². The Labute approximate surface area is 66.7 Å². The van der Waals surface area contributed by atoms with Crippen molar-refractivity contribution in [2.24, 2.45) is 0 Å². The molecule has 0 amide bonds. The molecule has 0 radical (unpaired) electrons. The lowest BCUT2D eigenvalue weighted by Crippen LogP contribution is -1.60. The van der Waals surface area contributed by atoms with Crippen LogP contribution in [0.15, 0.2) is 27.3 Å². The van der Waals surface area contributed by atoms with Gasteiger partial charge in [0.2, 0.25) is 0 Å². The fourth-order valence-electron chi connectivity index (χ4n) is 0.550. The van der Waals surface area contributed by atoms with E-state index in [1.165, 1.54) is 6.08 Å². The maximum atomic E-state index is 9.84. The lowest BCUT2D eigenvalue weighted by Gasteiger charge is -1.76. The van der Waals surface area contributed by atoms with Crippen molar-refractivity contribution in [2.75, 3.05) is 0 Å². The summed E-state index contributed by atoms with van der Waals surface area (Å²) in [7, 11) is 0. The van der Waals surface area contributed by atoms with Gasteiger partial charge in [0.25, 0.3) is 0 Å². The number of carbonyl (C=O) groups excluding carboxylic acids is 1. The monoisotopic (exact) mass is 200 g/mol. The van der Waals surface area contributed by atoms with E-state index in [-0.39, 0.29) is 0 Å². The molecule has 1 aromatic rings. The summed E-state index contributed by atoms with van der Waals surface area (Å²) >= 11 is 3.21. The minimum absolute atomic E-state index is 0.666. The van der Waals surface area contributed by atoms with Crippen molar-refractivity contribution in [3.8, 4) is 0 Å². The first-order valence-electron chi connectivity index (χ1n) is 2.69. The highest BCUT2D eigenvalue weighted by Gasteiger charge is 1.91. The van der Waals surface area contributed by atoms with E-state index in [1.54, 1.807) is 18.4 Å². The van der Waals surface area contributed by atoms with Crippen LogP contribution in [0.1, 0.15) is 5.76 Å². The molecule has 0 saturated heterocycles. The minimum atomic E-state index is 0.666. The van der Waals surface area contributed by atoms with Gasteiger partial charge in [-0.25, -0.2) is 0 Å². The molecule has 0 spiro atoms. The third-order valence-corrected chi connectivity index (χ3v) is 1.34. The van der Waals surface area contributed by atoms with E-state index >= 15 is 0 Å². The smallest absolute Gasteiger partial charge is 0.142 e.